The molecule has 0 unspecified atom stereocenters. The number of carbonyl (C=O) groups is 1. The normalized spacial score (nSPS) is 14.2. The second-order valence-corrected chi connectivity index (χ2v) is 8.64. The van der Waals surface area contributed by atoms with E-state index >= 15 is 0 Å². The van der Waals surface area contributed by atoms with Crippen molar-refractivity contribution in [1.29, 1.82) is 0 Å². The molecule has 4 rings (SSSR count). The lowest BCUT2D eigenvalue weighted by Crippen LogP contribution is -2.29. The molecule has 1 aliphatic rings. The Bertz CT molecular complexity index is 1100. The highest BCUT2D eigenvalue weighted by molar-refractivity contribution is 9.10. The van der Waals surface area contributed by atoms with Crippen LogP contribution in [-0.2, 0) is 0 Å². The summed E-state index contributed by atoms with van der Waals surface area (Å²) in [5.41, 5.74) is 4.83. The second kappa shape index (κ2) is 9.94. The van der Waals surface area contributed by atoms with Gasteiger partial charge in [-0.15, -0.1) is 12.4 Å². The Morgan fingerprint density at radius 3 is 2.58 bits per heavy atom. The summed E-state index contributed by atoms with van der Waals surface area (Å²) in [6, 6.07) is 10.8. The van der Waals surface area contributed by atoms with E-state index in [1.54, 1.807) is 18.3 Å². The number of amides is 1. The zero-order valence-corrected chi connectivity index (χ0v) is 19.8. The van der Waals surface area contributed by atoms with Crippen LogP contribution in [0.4, 0.5) is 10.1 Å². The van der Waals surface area contributed by atoms with Gasteiger partial charge in [0, 0.05) is 10.4 Å². The largest absolute Gasteiger partial charge is 0.319 e. The number of aromatic nitrogens is 2. The van der Waals surface area contributed by atoms with Gasteiger partial charge < -0.3 is 10.6 Å². The average Bonchev–Trinajstić information content (AvgIpc) is 3.18. The Labute approximate surface area is 196 Å². The first-order valence-corrected chi connectivity index (χ1v) is 10.9. The van der Waals surface area contributed by atoms with Crippen molar-refractivity contribution in [2.75, 3.05) is 18.4 Å². The number of anilines is 1. The van der Waals surface area contributed by atoms with Crippen molar-refractivity contribution in [3.8, 4) is 5.69 Å². The fraction of sp³-hybridized carbons (Fsp3) is 0.304. The summed E-state index contributed by atoms with van der Waals surface area (Å²) in [5.74, 6) is -0.631. The van der Waals surface area contributed by atoms with Gasteiger partial charge in [0.1, 0.15) is 5.82 Å². The molecule has 2 heterocycles. The van der Waals surface area contributed by atoms with Crippen LogP contribution in [-0.4, -0.2) is 28.8 Å². The van der Waals surface area contributed by atoms with E-state index in [1.165, 1.54) is 17.2 Å². The van der Waals surface area contributed by atoms with E-state index in [9.17, 15) is 9.18 Å². The summed E-state index contributed by atoms with van der Waals surface area (Å²) in [6.07, 6.45) is 3.44. The number of nitrogens with zero attached hydrogens (tertiary/aromatic N) is 2. The summed E-state index contributed by atoms with van der Waals surface area (Å²) >= 11 is 3.24. The first-order chi connectivity index (χ1) is 14.4. The number of benzene rings is 2. The van der Waals surface area contributed by atoms with Crippen molar-refractivity contribution in [1.82, 2.24) is 15.1 Å². The lowest BCUT2D eigenvalue weighted by Gasteiger charge is -2.25. The Hall–Kier alpha value is -2.22. The molecule has 8 heteroatoms. The molecular weight excluding hydrogens is 483 g/mol. The van der Waals surface area contributed by atoms with Crippen LogP contribution in [0.5, 0.6) is 0 Å². The van der Waals surface area contributed by atoms with Gasteiger partial charge in [-0.05, 0) is 81.2 Å². The van der Waals surface area contributed by atoms with Crippen LogP contribution in [0.1, 0.15) is 45.9 Å². The zero-order chi connectivity index (χ0) is 21.3. The molecule has 1 aromatic heterocycles. The molecule has 1 fully saturated rings. The van der Waals surface area contributed by atoms with Crippen LogP contribution < -0.4 is 10.6 Å². The van der Waals surface area contributed by atoms with Gasteiger partial charge in [-0.2, -0.15) is 5.10 Å². The number of carbonyl (C=O) groups excluding carboxylic acids is 1. The standard InChI is InChI=1S/C23H24BrFN4O.ClH/c1-14-3-5-18(11-15(14)2)29-22(16-7-9-26-10-8-16)19(13-27-29)23(30)28-21-6-4-17(24)12-20(21)25;/h3-6,11-13,16,26H,7-10H2,1-2H3,(H,28,30);1H. The molecule has 2 N–H and O–H groups in total. The van der Waals surface area contributed by atoms with E-state index in [0.29, 0.717) is 10.0 Å². The van der Waals surface area contributed by atoms with Crippen molar-refractivity contribution in [2.24, 2.45) is 0 Å². The van der Waals surface area contributed by atoms with Crippen LogP contribution in [0, 0.1) is 19.7 Å². The third-order valence-corrected chi connectivity index (χ3v) is 6.18. The fourth-order valence-corrected chi connectivity index (χ4v) is 4.20. The minimum absolute atomic E-state index is 0. The molecule has 0 bridgehead atoms. The topological polar surface area (TPSA) is 59.0 Å². The van der Waals surface area contributed by atoms with E-state index < -0.39 is 5.82 Å². The molecule has 0 radical (unpaired) electrons. The minimum Gasteiger partial charge on any atom is -0.319 e. The number of aryl methyl sites for hydroxylation is 2. The lowest BCUT2D eigenvalue weighted by molar-refractivity contribution is 0.102. The summed E-state index contributed by atoms with van der Waals surface area (Å²) in [6.45, 7) is 5.92. The third kappa shape index (κ3) is 5.00. The van der Waals surface area contributed by atoms with Crippen molar-refractivity contribution in [2.45, 2.75) is 32.6 Å². The van der Waals surface area contributed by atoms with Gasteiger partial charge in [0.05, 0.1) is 28.8 Å². The quantitative estimate of drug-likeness (QED) is 0.488. The van der Waals surface area contributed by atoms with E-state index in [4.69, 9.17) is 0 Å². The molecular formula is C23H25BrClFN4O. The maximum Gasteiger partial charge on any atom is 0.259 e. The number of piperidine rings is 1. The third-order valence-electron chi connectivity index (χ3n) is 5.69. The van der Waals surface area contributed by atoms with Crippen molar-refractivity contribution in [3.05, 3.63) is 75.3 Å². The smallest absolute Gasteiger partial charge is 0.259 e. The Morgan fingerprint density at radius 1 is 1.16 bits per heavy atom. The number of nitrogens with one attached hydrogen (secondary N) is 2. The highest BCUT2D eigenvalue weighted by Crippen LogP contribution is 2.31. The molecule has 31 heavy (non-hydrogen) atoms. The van der Waals surface area contributed by atoms with Crippen molar-refractivity contribution in [3.63, 3.8) is 0 Å². The molecule has 0 atom stereocenters. The number of rotatable bonds is 4. The van der Waals surface area contributed by atoms with Gasteiger partial charge in [-0.25, -0.2) is 9.07 Å². The number of halogens is 3. The van der Waals surface area contributed by atoms with Gasteiger partial charge in [0.25, 0.3) is 5.91 Å². The summed E-state index contributed by atoms with van der Waals surface area (Å²) in [4.78, 5) is 13.1. The van der Waals surface area contributed by atoms with Crippen LogP contribution in [0.25, 0.3) is 5.69 Å². The van der Waals surface area contributed by atoms with E-state index in [2.05, 4.69) is 57.6 Å². The molecule has 0 aliphatic carbocycles. The highest BCUT2D eigenvalue weighted by Gasteiger charge is 2.27. The van der Waals surface area contributed by atoms with E-state index in [-0.39, 0.29) is 29.9 Å². The lowest BCUT2D eigenvalue weighted by atomic mass is 9.91. The zero-order valence-electron chi connectivity index (χ0n) is 17.4. The molecule has 1 aliphatic heterocycles. The molecule has 164 valence electrons. The summed E-state index contributed by atoms with van der Waals surface area (Å²) in [7, 11) is 0. The average molecular weight is 508 g/mol. The summed E-state index contributed by atoms with van der Waals surface area (Å²) < 4.78 is 16.8. The van der Waals surface area contributed by atoms with Crippen molar-refractivity contribution >= 4 is 39.9 Å². The second-order valence-electron chi connectivity index (χ2n) is 7.73. The number of hydrogen-bond donors (Lipinski definition) is 2. The highest BCUT2D eigenvalue weighted by atomic mass is 79.9. The fourth-order valence-electron chi connectivity index (χ4n) is 3.86. The molecule has 0 saturated carbocycles. The van der Waals surface area contributed by atoms with Gasteiger partial charge in [-0.1, -0.05) is 22.0 Å². The SMILES string of the molecule is Cc1ccc(-n2ncc(C(=O)Nc3ccc(Br)cc3F)c2C2CCNCC2)cc1C.Cl. The predicted molar refractivity (Wildman–Crippen MR) is 127 cm³/mol. The molecule has 1 saturated heterocycles. The van der Waals surface area contributed by atoms with E-state index in [0.717, 1.165) is 37.3 Å². The molecule has 2 aromatic carbocycles. The van der Waals surface area contributed by atoms with Crippen LogP contribution in [0.15, 0.2) is 47.1 Å². The first kappa shape index (κ1) is 23.4. The van der Waals surface area contributed by atoms with Crippen LogP contribution in [0.2, 0.25) is 0 Å². The van der Waals surface area contributed by atoms with Crippen molar-refractivity contribution < 1.29 is 9.18 Å². The Kier molecular flexibility index (Phi) is 7.51. The Balaban J connectivity index is 0.00000272. The van der Waals surface area contributed by atoms with Gasteiger partial charge in [0.2, 0.25) is 0 Å². The Morgan fingerprint density at radius 2 is 1.90 bits per heavy atom. The van der Waals surface area contributed by atoms with Gasteiger partial charge in [0.15, 0.2) is 0 Å². The molecule has 5 nitrogen and oxygen atoms in total. The molecule has 1 amide bonds. The first-order valence-electron chi connectivity index (χ1n) is 10.1. The maximum absolute atomic E-state index is 14.3. The molecule has 3 aromatic rings. The summed E-state index contributed by atoms with van der Waals surface area (Å²) in [5, 5.41) is 10.7. The minimum atomic E-state index is -0.484. The van der Waals surface area contributed by atoms with E-state index in [1.807, 2.05) is 10.7 Å². The monoisotopic (exact) mass is 506 g/mol. The van der Waals surface area contributed by atoms with Crippen LogP contribution >= 0.6 is 28.3 Å². The van der Waals surface area contributed by atoms with Gasteiger partial charge in [-0.3, -0.25) is 4.79 Å². The van der Waals surface area contributed by atoms with Gasteiger partial charge >= 0.3 is 0 Å². The predicted octanol–water partition coefficient (Wildman–Crippen LogP) is 5.53. The number of hydrogen-bond acceptors (Lipinski definition) is 3. The molecule has 0 spiro atoms. The van der Waals surface area contributed by atoms with Crippen LogP contribution in [0.3, 0.4) is 0 Å². The maximum atomic E-state index is 14.3.